The van der Waals surface area contributed by atoms with E-state index < -0.39 is 12.9 Å². The third kappa shape index (κ3) is 5.77. The van der Waals surface area contributed by atoms with Gasteiger partial charge in [-0.15, -0.1) is 0 Å². The van der Waals surface area contributed by atoms with Gasteiger partial charge in [0.05, 0.1) is 5.69 Å². The lowest BCUT2D eigenvalue weighted by molar-refractivity contribution is 0.192. The van der Waals surface area contributed by atoms with Crippen molar-refractivity contribution in [3.63, 3.8) is 0 Å². The summed E-state index contributed by atoms with van der Waals surface area (Å²) in [6.45, 7) is 2.50. The lowest BCUT2D eigenvalue weighted by atomic mass is 9.91. The Kier molecular flexibility index (Phi) is 7.75. The van der Waals surface area contributed by atoms with E-state index in [2.05, 4.69) is 25.5 Å². The molecule has 1 aliphatic heterocycles. The first-order valence-corrected chi connectivity index (χ1v) is 9.98. The number of piperidine rings is 1. The number of anilines is 2. The number of ether oxygens (including phenoxy) is 1. The molecule has 1 aromatic carbocycles. The van der Waals surface area contributed by atoms with Crippen molar-refractivity contribution in [2.24, 2.45) is 5.73 Å². The van der Waals surface area contributed by atoms with Gasteiger partial charge in [-0.25, -0.2) is 9.18 Å². The molecule has 3 rings (SSSR count). The molecule has 10 heteroatoms. The first-order chi connectivity index (χ1) is 14.6. The van der Waals surface area contributed by atoms with Crippen molar-refractivity contribution in [3.8, 4) is 5.75 Å². The number of hydrogen-bond donors (Lipinski definition) is 4. The van der Waals surface area contributed by atoms with Crippen molar-refractivity contribution in [3.05, 3.63) is 46.4 Å². The molecule has 30 heavy (non-hydrogen) atoms. The topological polar surface area (TPSA) is 125 Å². The van der Waals surface area contributed by atoms with E-state index in [0.717, 1.165) is 38.9 Å². The molecular formula is C20H27FN6O3. The summed E-state index contributed by atoms with van der Waals surface area (Å²) in [7, 11) is 0. The molecule has 162 valence electrons. The Hall–Kier alpha value is -2.98. The summed E-state index contributed by atoms with van der Waals surface area (Å²) >= 11 is 0. The molecule has 0 bridgehead atoms. The Balaban J connectivity index is 1.58. The summed E-state index contributed by atoms with van der Waals surface area (Å²) in [5.41, 5.74) is 6.13. The maximum Gasteiger partial charge on any atom is 0.326 e. The van der Waals surface area contributed by atoms with Crippen LogP contribution in [0.25, 0.3) is 0 Å². The van der Waals surface area contributed by atoms with E-state index in [-0.39, 0.29) is 23.2 Å². The highest BCUT2D eigenvalue weighted by atomic mass is 19.1. The number of carbonyl (C=O) groups excluding carboxylic acids is 1. The Morgan fingerprint density at radius 3 is 2.77 bits per heavy atom. The number of aromatic amines is 1. The largest absolute Gasteiger partial charge is 0.461 e. The van der Waals surface area contributed by atoms with E-state index in [1.807, 2.05) is 0 Å². The monoisotopic (exact) mass is 418 g/mol. The van der Waals surface area contributed by atoms with Crippen molar-refractivity contribution in [2.75, 3.05) is 43.7 Å². The molecular weight excluding hydrogens is 391 g/mol. The number of nitrogens with two attached hydrogens (primary N) is 1. The number of alkyl halides is 1. The normalized spacial score (nSPS) is 15.0. The van der Waals surface area contributed by atoms with Crippen LogP contribution in [0.3, 0.4) is 0 Å². The number of carbonyl (C=O) groups is 1. The molecule has 1 aliphatic rings. The van der Waals surface area contributed by atoms with Gasteiger partial charge in [0, 0.05) is 11.8 Å². The molecule has 5 N–H and O–H groups in total. The number of aromatic nitrogens is 2. The molecule has 1 fully saturated rings. The van der Waals surface area contributed by atoms with E-state index in [4.69, 9.17) is 10.5 Å². The third-order valence-corrected chi connectivity index (χ3v) is 5.11. The maximum atomic E-state index is 12.5. The predicted octanol–water partition coefficient (Wildman–Crippen LogP) is 2.25. The number of urea groups is 1. The van der Waals surface area contributed by atoms with Gasteiger partial charge in [0.15, 0.2) is 0 Å². The van der Waals surface area contributed by atoms with Crippen LogP contribution in [0.15, 0.2) is 35.3 Å². The van der Waals surface area contributed by atoms with E-state index in [1.165, 1.54) is 6.07 Å². The number of likely N-dealkylation sites (tertiary alicyclic amines) is 1. The summed E-state index contributed by atoms with van der Waals surface area (Å²) in [5, 5.41) is 5.02. The SMILES string of the molecule is NCCCN1CCC(c2c[nH]c(NC(=O)Nc3ccccc3OCF)nc2=O)CC1. The highest BCUT2D eigenvalue weighted by Gasteiger charge is 2.23. The fourth-order valence-corrected chi connectivity index (χ4v) is 3.56. The number of H-pyrrole nitrogens is 1. The third-order valence-electron chi connectivity index (χ3n) is 5.11. The first kappa shape index (κ1) is 21.7. The molecule has 0 aliphatic carbocycles. The summed E-state index contributed by atoms with van der Waals surface area (Å²) in [6, 6.07) is 5.81. The molecule has 2 aromatic rings. The predicted molar refractivity (Wildman–Crippen MR) is 113 cm³/mol. The minimum Gasteiger partial charge on any atom is -0.461 e. The minimum absolute atomic E-state index is 0.0329. The fraction of sp³-hybridized carbons (Fsp3) is 0.450. The van der Waals surface area contributed by atoms with E-state index in [0.29, 0.717) is 17.8 Å². The summed E-state index contributed by atoms with van der Waals surface area (Å²) in [4.78, 5) is 33.9. The average molecular weight is 418 g/mol. The summed E-state index contributed by atoms with van der Waals surface area (Å²) in [5.74, 6) is 0.373. The second-order valence-electron chi connectivity index (χ2n) is 7.10. The number of para-hydroxylation sites is 2. The van der Waals surface area contributed by atoms with Crippen molar-refractivity contribution in [2.45, 2.75) is 25.2 Å². The molecule has 0 spiro atoms. The Morgan fingerprint density at radius 2 is 2.07 bits per heavy atom. The quantitative estimate of drug-likeness (QED) is 0.521. The number of nitrogens with one attached hydrogen (secondary N) is 3. The van der Waals surface area contributed by atoms with Crippen LogP contribution in [-0.4, -0.2) is 53.9 Å². The zero-order valence-electron chi connectivity index (χ0n) is 16.7. The Bertz CT molecular complexity index is 898. The Labute approximate surface area is 173 Å². The van der Waals surface area contributed by atoms with Gasteiger partial charge in [-0.2, -0.15) is 4.98 Å². The zero-order valence-corrected chi connectivity index (χ0v) is 16.7. The summed E-state index contributed by atoms with van der Waals surface area (Å²) in [6.07, 6.45) is 4.35. The lowest BCUT2D eigenvalue weighted by Crippen LogP contribution is -2.36. The Morgan fingerprint density at radius 1 is 1.30 bits per heavy atom. The maximum absolute atomic E-state index is 12.5. The van der Waals surface area contributed by atoms with E-state index in [1.54, 1.807) is 24.4 Å². The van der Waals surface area contributed by atoms with Crippen LogP contribution in [0.4, 0.5) is 20.8 Å². The van der Waals surface area contributed by atoms with Crippen molar-refractivity contribution >= 4 is 17.7 Å². The second kappa shape index (κ2) is 10.7. The van der Waals surface area contributed by atoms with Gasteiger partial charge in [-0.1, -0.05) is 12.1 Å². The molecule has 1 aromatic heterocycles. The van der Waals surface area contributed by atoms with Crippen molar-refractivity contribution in [1.29, 1.82) is 0 Å². The first-order valence-electron chi connectivity index (χ1n) is 9.98. The standard InChI is InChI=1S/C20H27FN6O3/c21-13-30-17-5-2-1-4-16(17)24-20(29)26-19-23-12-15(18(28)25-19)14-6-10-27(11-7-14)9-3-8-22/h1-2,4-5,12,14H,3,6-11,13,22H2,(H3,23,24,25,26,28,29). The fourth-order valence-electron chi connectivity index (χ4n) is 3.56. The average Bonchev–Trinajstić information content (AvgIpc) is 2.74. The molecule has 1 saturated heterocycles. The molecule has 2 amide bonds. The second-order valence-corrected chi connectivity index (χ2v) is 7.10. The van der Waals surface area contributed by atoms with Gasteiger partial charge in [0.1, 0.15) is 5.75 Å². The van der Waals surface area contributed by atoms with Crippen LogP contribution in [-0.2, 0) is 0 Å². The number of nitrogens with zero attached hydrogens (tertiary/aromatic N) is 2. The van der Waals surface area contributed by atoms with Crippen LogP contribution >= 0.6 is 0 Å². The molecule has 0 saturated carbocycles. The van der Waals surface area contributed by atoms with E-state index >= 15 is 0 Å². The highest BCUT2D eigenvalue weighted by molar-refractivity contribution is 5.99. The highest BCUT2D eigenvalue weighted by Crippen LogP contribution is 2.26. The van der Waals surface area contributed by atoms with Gasteiger partial charge >= 0.3 is 6.03 Å². The number of benzene rings is 1. The van der Waals surface area contributed by atoms with Gasteiger partial charge in [0.2, 0.25) is 12.8 Å². The zero-order chi connectivity index (χ0) is 21.3. The molecule has 9 nitrogen and oxygen atoms in total. The number of hydrogen-bond acceptors (Lipinski definition) is 6. The molecule has 2 heterocycles. The van der Waals surface area contributed by atoms with Gasteiger partial charge in [0.25, 0.3) is 5.56 Å². The van der Waals surface area contributed by atoms with Crippen LogP contribution in [0.1, 0.15) is 30.7 Å². The summed E-state index contributed by atoms with van der Waals surface area (Å²) < 4.78 is 17.3. The van der Waals surface area contributed by atoms with Crippen LogP contribution in [0.2, 0.25) is 0 Å². The van der Waals surface area contributed by atoms with Gasteiger partial charge in [-0.3, -0.25) is 10.1 Å². The molecule has 0 atom stereocenters. The molecule has 0 unspecified atom stereocenters. The van der Waals surface area contributed by atoms with Crippen LogP contribution in [0, 0.1) is 0 Å². The van der Waals surface area contributed by atoms with Crippen molar-refractivity contribution in [1.82, 2.24) is 14.9 Å². The number of rotatable bonds is 8. The van der Waals surface area contributed by atoms with Crippen molar-refractivity contribution < 1.29 is 13.9 Å². The minimum atomic E-state index is -1.01. The van der Waals surface area contributed by atoms with Crippen LogP contribution < -0.4 is 26.7 Å². The number of halogens is 1. The lowest BCUT2D eigenvalue weighted by Gasteiger charge is -2.31. The van der Waals surface area contributed by atoms with E-state index in [9.17, 15) is 14.0 Å². The van der Waals surface area contributed by atoms with Gasteiger partial charge in [-0.05, 0) is 63.5 Å². The molecule has 0 radical (unpaired) electrons. The smallest absolute Gasteiger partial charge is 0.326 e. The van der Waals surface area contributed by atoms with Gasteiger partial charge < -0.3 is 25.7 Å². The number of amides is 2. The van der Waals surface area contributed by atoms with Crippen LogP contribution in [0.5, 0.6) is 5.75 Å².